The summed E-state index contributed by atoms with van der Waals surface area (Å²) in [5.41, 5.74) is 1.17. The number of nitrogens with zero attached hydrogens (tertiary/aromatic N) is 1. The molecule has 3 heteroatoms. The summed E-state index contributed by atoms with van der Waals surface area (Å²) < 4.78 is 0. The molecule has 2 nitrogen and oxygen atoms in total. The van der Waals surface area contributed by atoms with Crippen LogP contribution in [0, 0.1) is 0 Å². The third-order valence-electron chi connectivity index (χ3n) is 2.06. The molecule has 72 valence electrons. The van der Waals surface area contributed by atoms with Gasteiger partial charge in [-0.2, -0.15) is 0 Å². The summed E-state index contributed by atoms with van der Waals surface area (Å²) in [5, 5.41) is 2.05. The van der Waals surface area contributed by atoms with E-state index in [4.69, 9.17) is 0 Å². The van der Waals surface area contributed by atoms with E-state index in [1.54, 1.807) is 6.92 Å². The molecule has 0 bridgehead atoms. The molecule has 0 saturated heterocycles. The van der Waals surface area contributed by atoms with Crippen molar-refractivity contribution in [1.29, 1.82) is 0 Å². The van der Waals surface area contributed by atoms with Gasteiger partial charge in [-0.25, -0.2) is 0 Å². The van der Waals surface area contributed by atoms with Crippen LogP contribution < -0.4 is 4.90 Å². The lowest BCUT2D eigenvalue weighted by molar-refractivity contribution is 0.102. The maximum absolute atomic E-state index is 11.0. The van der Waals surface area contributed by atoms with Gasteiger partial charge in [-0.1, -0.05) is 0 Å². The summed E-state index contributed by atoms with van der Waals surface area (Å²) in [5.74, 6) is 0.156. The third-order valence-corrected chi connectivity index (χ3v) is 3.08. The number of Topliss-reactive ketones (excluding diaryl/α,β-unsaturated/α-hetero) is 1. The summed E-state index contributed by atoms with van der Waals surface area (Å²) in [4.78, 5) is 14.1. The van der Waals surface area contributed by atoms with Crippen LogP contribution in [0.1, 0.15) is 30.4 Å². The molecule has 0 aliphatic heterocycles. The van der Waals surface area contributed by atoms with E-state index in [2.05, 4.69) is 18.7 Å². The van der Waals surface area contributed by atoms with Crippen molar-refractivity contribution in [2.24, 2.45) is 0 Å². The van der Waals surface area contributed by atoms with E-state index in [1.807, 2.05) is 11.4 Å². The smallest absolute Gasteiger partial charge is 0.169 e. The quantitative estimate of drug-likeness (QED) is 0.692. The average molecular weight is 197 g/mol. The number of hydrogen-bond acceptors (Lipinski definition) is 3. The minimum absolute atomic E-state index is 0.156. The highest BCUT2D eigenvalue weighted by molar-refractivity contribution is 7.12. The van der Waals surface area contributed by atoms with E-state index >= 15 is 0 Å². The van der Waals surface area contributed by atoms with Gasteiger partial charge in [0.15, 0.2) is 5.78 Å². The van der Waals surface area contributed by atoms with Crippen LogP contribution in [0.3, 0.4) is 0 Å². The second-order valence-electron chi connectivity index (χ2n) is 2.90. The maximum atomic E-state index is 11.0. The van der Waals surface area contributed by atoms with E-state index < -0.39 is 0 Å². The lowest BCUT2D eigenvalue weighted by Crippen LogP contribution is -2.20. The first kappa shape index (κ1) is 10.3. The van der Waals surface area contributed by atoms with Gasteiger partial charge in [0, 0.05) is 24.2 Å². The minimum atomic E-state index is 0.156. The molecule has 13 heavy (non-hydrogen) atoms. The number of hydrogen-bond donors (Lipinski definition) is 0. The molecule has 0 fully saturated rings. The summed E-state index contributed by atoms with van der Waals surface area (Å²) in [7, 11) is 0. The lowest BCUT2D eigenvalue weighted by atomic mass is 10.3. The average Bonchev–Trinajstić information content (AvgIpc) is 2.56. The Bertz CT molecular complexity index is 289. The molecule has 0 saturated carbocycles. The van der Waals surface area contributed by atoms with Crippen molar-refractivity contribution in [1.82, 2.24) is 0 Å². The number of ketones is 1. The summed E-state index contributed by atoms with van der Waals surface area (Å²) in [6.45, 7) is 7.83. The van der Waals surface area contributed by atoms with Crippen LogP contribution >= 0.6 is 11.3 Å². The largest absolute Gasteiger partial charge is 0.371 e. The van der Waals surface area contributed by atoms with Crippen LogP contribution in [-0.4, -0.2) is 18.9 Å². The highest BCUT2D eigenvalue weighted by atomic mass is 32.1. The number of carbonyl (C=O) groups is 1. The normalized spacial score (nSPS) is 10.1. The van der Waals surface area contributed by atoms with E-state index in [0.717, 1.165) is 18.0 Å². The SMILES string of the molecule is CCN(CC)c1csc(C(C)=O)c1. The van der Waals surface area contributed by atoms with Gasteiger partial charge in [-0.3, -0.25) is 4.79 Å². The van der Waals surface area contributed by atoms with E-state index in [1.165, 1.54) is 17.0 Å². The van der Waals surface area contributed by atoms with Crippen LogP contribution in [0.4, 0.5) is 5.69 Å². The molecule has 0 aromatic carbocycles. The van der Waals surface area contributed by atoms with Gasteiger partial charge in [0.05, 0.1) is 4.88 Å². The van der Waals surface area contributed by atoms with Crippen molar-refractivity contribution in [3.05, 3.63) is 16.3 Å². The highest BCUT2D eigenvalue weighted by Gasteiger charge is 2.07. The Morgan fingerprint density at radius 1 is 1.46 bits per heavy atom. The summed E-state index contributed by atoms with van der Waals surface area (Å²) >= 11 is 1.53. The molecule has 1 heterocycles. The lowest BCUT2D eigenvalue weighted by Gasteiger charge is -2.18. The fourth-order valence-corrected chi connectivity index (χ4v) is 2.08. The Hall–Kier alpha value is -0.830. The predicted molar refractivity (Wildman–Crippen MR) is 57.9 cm³/mol. The maximum Gasteiger partial charge on any atom is 0.169 e. The molecule has 0 spiro atoms. The fourth-order valence-electron chi connectivity index (χ4n) is 1.27. The van der Waals surface area contributed by atoms with Crippen molar-refractivity contribution in [3.63, 3.8) is 0 Å². The zero-order chi connectivity index (χ0) is 9.84. The predicted octanol–water partition coefficient (Wildman–Crippen LogP) is 2.80. The van der Waals surface area contributed by atoms with Crippen molar-refractivity contribution in [2.75, 3.05) is 18.0 Å². The number of rotatable bonds is 4. The molecular weight excluding hydrogens is 182 g/mol. The van der Waals surface area contributed by atoms with Crippen molar-refractivity contribution in [3.8, 4) is 0 Å². The van der Waals surface area contributed by atoms with Crippen molar-refractivity contribution < 1.29 is 4.79 Å². The summed E-state index contributed by atoms with van der Waals surface area (Å²) in [6.07, 6.45) is 0. The van der Waals surface area contributed by atoms with Gasteiger partial charge in [0.25, 0.3) is 0 Å². The van der Waals surface area contributed by atoms with Gasteiger partial charge >= 0.3 is 0 Å². The Morgan fingerprint density at radius 3 is 2.46 bits per heavy atom. The second kappa shape index (κ2) is 4.42. The minimum Gasteiger partial charge on any atom is -0.371 e. The molecule has 1 aromatic rings. The molecule has 0 aliphatic carbocycles. The number of carbonyl (C=O) groups excluding carboxylic acids is 1. The van der Waals surface area contributed by atoms with Gasteiger partial charge in [-0.15, -0.1) is 11.3 Å². The molecule has 1 aromatic heterocycles. The van der Waals surface area contributed by atoms with Gasteiger partial charge in [-0.05, 0) is 26.8 Å². The van der Waals surface area contributed by atoms with E-state index in [-0.39, 0.29) is 5.78 Å². The van der Waals surface area contributed by atoms with E-state index in [0.29, 0.717) is 0 Å². The fraction of sp³-hybridized carbons (Fsp3) is 0.500. The Morgan fingerprint density at radius 2 is 2.08 bits per heavy atom. The highest BCUT2D eigenvalue weighted by Crippen LogP contribution is 2.23. The molecule has 1 rings (SSSR count). The third kappa shape index (κ3) is 2.31. The first-order chi connectivity index (χ1) is 6.19. The van der Waals surface area contributed by atoms with Crippen molar-refractivity contribution >= 4 is 22.8 Å². The standard InChI is InChI=1S/C10H15NOS/c1-4-11(5-2)9-6-10(8(3)12)13-7-9/h6-7H,4-5H2,1-3H3. The molecule has 0 N–H and O–H groups in total. The Kier molecular flexibility index (Phi) is 3.48. The van der Waals surface area contributed by atoms with Crippen molar-refractivity contribution in [2.45, 2.75) is 20.8 Å². The van der Waals surface area contributed by atoms with Gasteiger partial charge in [0.1, 0.15) is 0 Å². The van der Waals surface area contributed by atoms with Gasteiger partial charge in [0.2, 0.25) is 0 Å². The summed E-state index contributed by atoms with van der Waals surface area (Å²) in [6, 6.07) is 1.97. The zero-order valence-electron chi connectivity index (χ0n) is 8.33. The number of anilines is 1. The first-order valence-corrected chi connectivity index (χ1v) is 5.41. The van der Waals surface area contributed by atoms with Gasteiger partial charge < -0.3 is 4.90 Å². The molecule has 0 aliphatic rings. The van der Waals surface area contributed by atoms with Crippen LogP contribution in [0.5, 0.6) is 0 Å². The topological polar surface area (TPSA) is 20.3 Å². The van der Waals surface area contributed by atoms with Crippen LogP contribution in [0.2, 0.25) is 0 Å². The second-order valence-corrected chi connectivity index (χ2v) is 3.81. The number of thiophene rings is 1. The van der Waals surface area contributed by atoms with Crippen LogP contribution in [0.25, 0.3) is 0 Å². The molecule has 0 unspecified atom stereocenters. The van der Waals surface area contributed by atoms with Crippen LogP contribution in [0.15, 0.2) is 11.4 Å². The zero-order valence-corrected chi connectivity index (χ0v) is 9.15. The molecule has 0 amide bonds. The molecule has 0 atom stereocenters. The molecule has 0 radical (unpaired) electrons. The molecular formula is C10H15NOS. The van der Waals surface area contributed by atoms with Crippen LogP contribution in [-0.2, 0) is 0 Å². The monoisotopic (exact) mass is 197 g/mol. The Balaban J connectivity index is 2.84. The Labute approximate surface area is 83.2 Å². The van der Waals surface area contributed by atoms with E-state index in [9.17, 15) is 4.79 Å². The first-order valence-electron chi connectivity index (χ1n) is 4.53.